The fraction of sp³-hybridized carbons (Fsp3) is 0. The van der Waals surface area contributed by atoms with Crippen LogP contribution < -0.4 is 0 Å². The van der Waals surface area contributed by atoms with Crippen molar-refractivity contribution in [3.05, 3.63) is 48.0 Å². The van der Waals surface area contributed by atoms with E-state index in [0.717, 1.165) is 10.8 Å². The molecule has 0 aliphatic rings. The molecule has 0 aliphatic heterocycles. The zero-order valence-corrected chi connectivity index (χ0v) is 9.46. The highest BCUT2D eigenvalue weighted by Crippen LogP contribution is 2.17. The normalized spacial score (nSPS) is 13.0. The van der Waals surface area contributed by atoms with Crippen molar-refractivity contribution in [2.45, 2.75) is 0 Å². The van der Waals surface area contributed by atoms with Crippen LogP contribution in [0.2, 0.25) is 0 Å². The lowest BCUT2D eigenvalue weighted by molar-refractivity contribution is 0.315. The van der Waals surface area contributed by atoms with E-state index < -0.39 is 0 Å². The van der Waals surface area contributed by atoms with Crippen molar-refractivity contribution in [1.29, 1.82) is 0 Å². The van der Waals surface area contributed by atoms with E-state index in [1.54, 1.807) is 12.1 Å². The lowest BCUT2D eigenvalue weighted by atomic mass is 10.0. The Morgan fingerprint density at radius 2 is 1.65 bits per heavy atom. The molecule has 0 saturated carbocycles. The first kappa shape index (κ1) is 11.4. The van der Waals surface area contributed by atoms with Crippen molar-refractivity contribution in [2.24, 2.45) is 10.3 Å². The van der Waals surface area contributed by atoms with E-state index in [9.17, 15) is 0 Å². The Kier molecular flexibility index (Phi) is 3.25. The van der Waals surface area contributed by atoms with Gasteiger partial charge in [-0.15, -0.1) is 0 Å². The van der Waals surface area contributed by atoms with Gasteiger partial charge in [0.2, 0.25) is 0 Å². The molecule has 0 radical (unpaired) electrons. The molecule has 0 atom stereocenters. The maximum absolute atomic E-state index is 8.86. The number of halogens is 1. The standard InChI is InChI=1S/C12H9ClN2O2/c13-12(15-17)11(14-16)10-6-5-8-3-1-2-4-9(8)7-10/h1-7,16-17H. The van der Waals surface area contributed by atoms with E-state index in [0.29, 0.717) is 5.56 Å². The van der Waals surface area contributed by atoms with Crippen molar-refractivity contribution >= 4 is 33.3 Å². The largest absolute Gasteiger partial charge is 0.410 e. The molecule has 0 saturated heterocycles. The summed E-state index contributed by atoms with van der Waals surface area (Å²) in [5.41, 5.74) is 0.605. The molecule has 0 fully saturated rings. The summed E-state index contributed by atoms with van der Waals surface area (Å²) in [6, 6.07) is 13.2. The van der Waals surface area contributed by atoms with Gasteiger partial charge < -0.3 is 10.4 Å². The maximum atomic E-state index is 8.86. The number of fused-ring (bicyclic) bond motifs is 1. The van der Waals surface area contributed by atoms with E-state index in [1.165, 1.54) is 0 Å². The van der Waals surface area contributed by atoms with E-state index in [-0.39, 0.29) is 10.9 Å². The van der Waals surface area contributed by atoms with Crippen LogP contribution >= 0.6 is 11.6 Å². The second-order valence-electron chi connectivity index (χ2n) is 3.40. The number of hydrogen-bond acceptors (Lipinski definition) is 4. The monoisotopic (exact) mass is 248 g/mol. The third-order valence-corrected chi connectivity index (χ3v) is 2.66. The van der Waals surface area contributed by atoms with E-state index in [4.69, 9.17) is 22.0 Å². The third-order valence-electron chi connectivity index (χ3n) is 2.41. The highest BCUT2D eigenvalue weighted by Gasteiger charge is 2.11. The first-order valence-corrected chi connectivity index (χ1v) is 5.23. The SMILES string of the molecule is ON=C(Cl)C(=NO)c1ccc2ccccc2c1. The van der Waals surface area contributed by atoms with Gasteiger partial charge in [0, 0.05) is 5.56 Å². The van der Waals surface area contributed by atoms with Crippen molar-refractivity contribution in [3.63, 3.8) is 0 Å². The van der Waals surface area contributed by atoms with Crippen LogP contribution in [-0.2, 0) is 0 Å². The molecule has 17 heavy (non-hydrogen) atoms. The minimum atomic E-state index is -0.261. The third kappa shape index (κ3) is 2.21. The molecule has 0 spiro atoms. The zero-order chi connectivity index (χ0) is 12.3. The van der Waals surface area contributed by atoms with Crippen LogP contribution in [-0.4, -0.2) is 21.3 Å². The first-order valence-electron chi connectivity index (χ1n) is 4.85. The number of rotatable bonds is 2. The Labute approximate surface area is 102 Å². The fourth-order valence-corrected chi connectivity index (χ4v) is 1.75. The predicted molar refractivity (Wildman–Crippen MR) is 67.3 cm³/mol. The fourth-order valence-electron chi connectivity index (χ4n) is 1.60. The average molecular weight is 249 g/mol. The van der Waals surface area contributed by atoms with Crippen LogP contribution in [0.4, 0.5) is 0 Å². The molecule has 4 nitrogen and oxygen atoms in total. The Morgan fingerprint density at radius 3 is 2.29 bits per heavy atom. The molecule has 0 aliphatic carbocycles. The van der Waals surface area contributed by atoms with Gasteiger partial charge in [-0.25, -0.2) is 0 Å². The van der Waals surface area contributed by atoms with Crippen molar-refractivity contribution < 1.29 is 10.4 Å². The van der Waals surface area contributed by atoms with Gasteiger partial charge in [-0.05, 0) is 16.8 Å². The van der Waals surface area contributed by atoms with Crippen LogP contribution in [0.3, 0.4) is 0 Å². The summed E-state index contributed by atoms with van der Waals surface area (Å²) in [6.45, 7) is 0. The topological polar surface area (TPSA) is 65.2 Å². The van der Waals surface area contributed by atoms with Gasteiger partial charge in [0.05, 0.1) is 0 Å². The van der Waals surface area contributed by atoms with Gasteiger partial charge in [0.25, 0.3) is 0 Å². The Balaban J connectivity index is 2.56. The molecule has 0 unspecified atom stereocenters. The summed E-state index contributed by atoms with van der Waals surface area (Å²) in [5.74, 6) is 0. The van der Waals surface area contributed by atoms with E-state index in [2.05, 4.69) is 10.3 Å². The summed E-state index contributed by atoms with van der Waals surface area (Å²) < 4.78 is 0. The molecule has 2 aromatic rings. The Hall–Kier alpha value is -2.07. The summed E-state index contributed by atoms with van der Waals surface area (Å²) >= 11 is 5.63. The lowest BCUT2D eigenvalue weighted by Gasteiger charge is -2.03. The second-order valence-corrected chi connectivity index (χ2v) is 3.76. The summed E-state index contributed by atoms with van der Waals surface area (Å²) in [6.07, 6.45) is 0. The van der Waals surface area contributed by atoms with Crippen LogP contribution in [0.25, 0.3) is 10.8 Å². The quantitative estimate of drug-likeness (QED) is 0.487. The minimum Gasteiger partial charge on any atom is -0.410 e. The molecule has 2 rings (SSSR count). The predicted octanol–water partition coefficient (Wildman–Crippen LogP) is 3.04. The van der Waals surface area contributed by atoms with Crippen LogP contribution in [0.5, 0.6) is 0 Å². The second kappa shape index (κ2) is 4.84. The van der Waals surface area contributed by atoms with Gasteiger partial charge in [0.15, 0.2) is 10.9 Å². The molecule has 86 valence electrons. The smallest absolute Gasteiger partial charge is 0.197 e. The molecule has 2 N–H and O–H groups in total. The molecule has 5 heteroatoms. The highest BCUT2D eigenvalue weighted by atomic mass is 35.5. The molecule has 0 heterocycles. The Bertz CT molecular complexity index is 608. The van der Waals surface area contributed by atoms with Crippen molar-refractivity contribution in [2.75, 3.05) is 0 Å². The van der Waals surface area contributed by atoms with E-state index in [1.807, 2.05) is 30.3 Å². The Morgan fingerprint density at radius 1 is 0.941 bits per heavy atom. The average Bonchev–Trinajstić information content (AvgIpc) is 2.39. The van der Waals surface area contributed by atoms with Gasteiger partial charge in [-0.2, -0.15) is 0 Å². The number of nitrogens with zero attached hydrogens (tertiary/aromatic N) is 2. The van der Waals surface area contributed by atoms with Gasteiger partial charge in [-0.1, -0.05) is 58.3 Å². The summed E-state index contributed by atoms with van der Waals surface area (Å²) in [4.78, 5) is 0. The highest BCUT2D eigenvalue weighted by molar-refractivity contribution is 6.85. The van der Waals surface area contributed by atoms with Crippen LogP contribution in [0.1, 0.15) is 5.56 Å². The number of oxime groups is 2. The molecule has 2 aromatic carbocycles. The summed E-state index contributed by atoms with van der Waals surface area (Å²) in [5, 5.41) is 25.1. The molecule has 0 bridgehead atoms. The van der Waals surface area contributed by atoms with Crippen LogP contribution in [0.15, 0.2) is 52.8 Å². The summed E-state index contributed by atoms with van der Waals surface area (Å²) in [7, 11) is 0. The van der Waals surface area contributed by atoms with Gasteiger partial charge in [-0.3, -0.25) is 0 Å². The van der Waals surface area contributed by atoms with Crippen molar-refractivity contribution in [1.82, 2.24) is 0 Å². The van der Waals surface area contributed by atoms with Gasteiger partial charge >= 0.3 is 0 Å². The molecular weight excluding hydrogens is 240 g/mol. The van der Waals surface area contributed by atoms with E-state index >= 15 is 0 Å². The maximum Gasteiger partial charge on any atom is 0.197 e. The first-order chi connectivity index (χ1) is 8.26. The molecule has 0 aromatic heterocycles. The molecule has 0 amide bonds. The minimum absolute atomic E-state index is 0.0277. The number of benzene rings is 2. The molecular formula is C12H9ClN2O2. The zero-order valence-electron chi connectivity index (χ0n) is 8.71. The number of hydrogen-bond donors (Lipinski definition) is 2. The van der Waals surface area contributed by atoms with Crippen molar-refractivity contribution in [3.8, 4) is 0 Å². The lowest BCUT2D eigenvalue weighted by Crippen LogP contribution is -2.09. The van der Waals surface area contributed by atoms with Gasteiger partial charge in [0.1, 0.15) is 0 Å². The van der Waals surface area contributed by atoms with Crippen LogP contribution in [0, 0.1) is 0 Å².